The van der Waals surface area contributed by atoms with Crippen LogP contribution < -0.4 is 4.74 Å². The second kappa shape index (κ2) is 10.0. The molecule has 1 fully saturated rings. The first-order chi connectivity index (χ1) is 12.8. The maximum absolute atomic E-state index is 12.8. The Bertz CT molecular complexity index is 719. The summed E-state index contributed by atoms with van der Waals surface area (Å²) in [6.45, 7) is 7.47. The minimum atomic E-state index is -3.54. The highest BCUT2D eigenvalue weighted by atomic mass is 32.2. The normalized spacial score (nSPS) is 17.1. The summed E-state index contributed by atoms with van der Waals surface area (Å²) < 4.78 is 55.9. The fraction of sp³-hybridized carbons (Fsp3) is 0.667. The van der Waals surface area contributed by atoms with Gasteiger partial charge >= 0.3 is 7.60 Å². The van der Waals surface area contributed by atoms with Crippen molar-refractivity contribution in [3.63, 3.8) is 0 Å². The Labute approximate surface area is 162 Å². The molecule has 0 spiro atoms. The first kappa shape index (κ1) is 22.4. The molecule has 1 aromatic rings. The van der Waals surface area contributed by atoms with Gasteiger partial charge in [-0.1, -0.05) is 0 Å². The Kier molecular flexibility index (Phi) is 8.31. The van der Waals surface area contributed by atoms with E-state index in [1.54, 1.807) is 38.1 Å². The van der Waals surface area contributed by atoms with E-state index in [1.807, 2.05) is 6.92 Å². The summed E-state index contributed by atoms with van der Waals surface area (Å²) in [5, 5.41) is 0. The van der Waals surface area contributed by atoms with Crippen molar-refractivity contribution in [2.45, 2.75) is 38.5 Å². The van der Waals surface area contributed by atoms with Gasteiger partial charge in [-0.2, -0.15) is 4.31 Å². The summed E-state index contributed by atoms with van der Waals surface area (Å²) in [7, 11) is -6.64. The van der Waals surface area contributed by atoms with Crippen LogP contribution in [0.15, 0.2) is 29.2 Å². The summed E-state index contributed by atoms with van der Waals surface area (Å²) in [6, 6.07) is 6.49. The topological polar surface area (TPSA) is 82.1 Å². The van der Waals surface area contributed by atoms with Crippen molar-refractivity contribution in [3.8, 4) is 5.75 Å². The molecule has 154 valence electrons. The molecule has 1 saturated heterocycles. The van der Waals surface area contributed by atoms with Crippen LogP contribution in [-0.4, -0.2) is 51.8 Å². The van der Waals surface area contributed by atoms with Crippen LogP contribution in [0.1, 0.15) is 33.6 Å². The number of ether oxygens (including phenoxy) is 1. The molecule has 0 N–H and O–H groups in total. The molecule has 1 heterocycles. The Morgan fingerprint density at radius 2 is 1.56 bits per heavy atom. The van der Waals surface area contributed by atoms with E-state index in [-0.39, 0.29) is 10.8 Å². The second-order valence-corrected chi connectivity index (χ2v) is 10.4. The maximum atomic E-state index is 12.8. The van der Waals surface area contributed by atoms with Gasteiger partial charge in [-0.25, -0.2) is 8.42 Å². The number of hydrogen-bond donors (Lipinski definition) is 0. The van der Waals surface area contributed by atoms with Crippen molar-refractivity contribution < 1.29 is 26.8 Å². The van der Waals surface area contributed by atoms with Crippen LogP contribution in [-0.2, 0) is 23.6 Å². The van der Waals surface area contributed by atoms with Crippen LogP contribution >= 0.6 is 7.60 Å². The molecule has 0 unspecified atom stereocenters. The van der Waals surface area contributed by atoms with Gasteiger partial charge in [-0.05, 0) is 63.8 Å². The zero-order valence-corrected chi connectivity index (χ0v) is 18.0. The van der Waals surface area contributed by atoms with Crippen molar-refractivity contribution in [2.75, 3.05) is 39.1 Å². The van der Waals surface area contributed by atoms with Crippen LogP contribution in [0.4, 0.5) is 0 Å². The Morgan fingerprint density at radius 1 is 1.00 bits per heavy atom. The molecule has 0 aromatic heterocycles. The van der Waals surface area contributed by atoms with Crippen LogP contribution in [0, 0.1) is 5.92 Å². The number of piperidine rings is 1. The first-order valence-corrected chi connectivity index (χ1v) is 12.6. The van der Waals surface area contributed by atoms with E-state index >= 15 is 0 Å². The van der Waals surface area contributed by atoms with Crippen molar-refractivity contribution in [1.29, 1.82) is 0 Å². The molecule has 1 aromatic carbocycles. The third-order valence-corrected chi connectivity index (χ3v) is 8.66. The quantitative estimate of drug-likeness (QED) is 0.537. The number of rotatable bonds is 10. The average Bonchev–Trinajstić information content (AvgIpc) is 2.63. The van der Waals surface area contributed by atoms with Gasteiger partial charge in [0.2, 0.25) is 10.0 Å². The number of nitrogens with zero attached hydrogens (tertiary/aromatic N) is 1. The minimum absolute atomic E-state index is 0.126. The molecule has 1 aliphatic heterocycles. The molecule has 0 atom stereocenters. The monoisotopic (exact) mass is 419 g/mol. The fourth-order valence-corrected chi connectivity index (χ4v) is 6.75. The van der Waals surface area contributed by atoms with Crippen LogP contribution in [0.2, 0.25) is 0 Å². The van der Waals surface area contributed by atoms with Crippen LogP contribution in [0.3, 0.4) is 0 Å². The van der Waals surface area contributed by atoms with Crippen LogP contribution in [0.25, 0.3) is 0 Å². The predicted octanol–water partition coefficient (Wildman–Crippen LogP) is 3.75. The predicted molar refractivity (Wildman–Crippen MR) is 105 cm³/mol. The summed E-state index contributed by atoms with van der Waals surface area (Å²) in [4.78, 5) is 0.263. The molecule has 0 aliphatic carbocycles. The Hall–Kier alpha value is -0.920. The van der Waals surface area contributed by atoms with E-state index in [4.69, 9.17) is 13.8 Å². The lowest BCUT2D eigenvalue weighted by atomic mass is 10.0. The van der Waals surface area contributed by atoms with Gasteiger partial charge in [-0.3, -0.25) is 4.57 Å². The Balaban J connectivity index is 1.98. The highest BCUT2D eigenvalue weighted by molar-refractivity contribution is 7.89. The summed E-state index contributed by atoms with van der Waals surface area (Å²) in [5.41, 5.74) is 0. The molecule has 2 rings (SSSR count). The lowest BCUT2D eigenvalue weighted by molar-refractivity contribution is 0.207. The van der Waals surface area contributed by atoms with Crippen molar-refractivity contribution in [3.05, 3.63) is 24.3 Å². The molecule has 7 nitrogen and oxygen atoms in total. The molecule has 0 amide bonds. The summed E-state index contributed by atoms with van der Waals surface area (Å²) in [6.07, 6.45) is 1.62. The zero-order valence-electron chi connectivity index (χ0n) is 16.3. The molecule has 0 bridgehead atoms. The highest BCUT2D eigenvalue weighted by Gasteiger charge is 2.34. The molecule has 0 radical (unpaired) electrons. The van der Waals surface area contributed by atoms with Gasteiger partial charge < -0.3 is 13.8 Å². The van der Waals surface area contributed by atoms with Gasteiger partial charge in [0, 0.05) is 13.1 Å². The standard InChI is InChI=1S/C18H30NO6PS/c1-4-23-17-7-9-18(10-8-17)27(21,22)19-13-11-16(12-14-19)15-26(20,24-5-2)25-6-3/h7-10,16H,4-6,11-15H2,1-3H3. The fourth-order valence-electron chi connectivity index (χ4n) is 3.21. The highest BCUT2D eigenvalue weighted by Crippen LogP contribution is 2.51. The summed E-state index contributed by atoms with van der Waals surface area (Å²) in [5.74, 6) is 0.776. The summed E-state index contributed by atoms with van der Waals surface area (Å²) >= 11 is 0. The molecule has 0 saturated carbocycles. The second-order valence-electron chi connectivity index (χ2n) is 6.38. The third-order valence-electron chi connectivity index (χ3n) is 4.48. The number of sulfonamides is 1. The van der Waals surface area contributed by atoms with Crippen LogP contribution in [0.5, 0.6) is 5.75 Å². The Morgan fingerprint density at radius 3 is 2.04 bits per heavy atom. The van der Waals surface area contributed by atoms with Gasteiger partial charge in [-0.15, -0.1) is 0 Å². The van der Waals surface area contributed by atoms with E-state index in [1.165, 1.54) is 4.31 Å². The van der Waals surface area contributed by atoms with E-state index < -0.39 is 17.6 Å². The van der Waals surface area contributed by atoms with Gasteiger partial charge in [0.1, 0.15) is 5.75 Å². The van der Waals surface area contributed by atoms with Crippen molar-refractivity contribution in [2.24, 2.45) is 5.92 Å². The van der Waals surface area contributed by atoms with Gasteiger partial charge in [0.05, 0.1) is 30.9 Å². The molecule has 9 heteroatoms. The maximum Gasteiger partial charge on any atom is 0.330 e. The largest absolute Gasteiger partial charge is 0.494 e. The van der Waals surface area contributed by atoms with Crippen molar-refractivity contribution >= 4 is 17.6 Å². The van der Waals surface area contributed by atoms with E-state index in [9.17, 15) is 13.0 Å². The zero-order chi connectivity index (χ0) is 19.9. The third kappa shape index (κ3) is 6.03. The lowest BCUT2D eigenvalue weighted by Gasteiger charge is -2.32. The average molecular weight is 419 g/mol. The lowest BCUT2D eigenvalue weighted by Crippen LogP contribution is -2.39. The number of benzene rings is 1. The minimum Gasteiger partial charge on any atom is -0.494 e. The van der Waals surface area contributed by atoms with Gasteiger partial charge in [0.25, 0.3) is 0 Å². The first-order valence-electron chi connectivity index (χ1n) is 9.45. The SMILES string of the molecule is CCOc1ccc(S(=O)(=O)N2CCC(CP(=O)(OCC)OCC)CC2)cc1. The number of hydrogen-bond acceptors (Lipinski definition) is 6. The smallest absolute Gasteiger partial charge is 0.330 e. The molecular weight excluding hydrogens is 389 g/mol. The van der Waals surface area contributed by atoms with E-state index in [0.717, 1.165) is 0 Å². The van der Waals surface area contributed by atoms with Crippen molar-refractivity contribution in [1.82, 2.24) is 4.31 Å². The van der Waals surface area contributed by atoms with Gasteiger partial charge in [0.15, 0.2) is 0 Å². The molecular formula is C18H30NO6PS. The molecule has 1 aliphatic rings. The van der Waals surface area contributed by atoms with E-state index in [0.29, 0.717) is 57.7 Å². The van der Waals surface area contributed by atoms with E-state index in [2.05, 4.69) is 0 Å². The molecule has 27 heavy (non-hydrogen) atoms.